The van der Waals surface area contributed by atoms with Crippen molar-refractivity contribution in [3.05, 3.63) is 72.4 Å². The SMILES string of the molecule is N#Cc1cccnc1N1CCCN(C(=O)c2cccc(NC(=O)CCn3ccnc3)c2)CC1. The van der Waals surface area contributed by atoms with Crippen molar-refractivity contribution in [1.29, 1.82) is 5.26 Å². The van der Waals surface area contributed by atoms with Gasteiger partial charge in [-0.25, -0.2) is 9.97 Å². The molecule has 2 amide bonds. The molecule has 168 valence electrons. The monoisotopic (exact) mass is 443 g/mol. The molecule has 3 aromatic rings. The molecule has 2 aromatic heterocycles. The van der Waals surface area contributed by atoms with E-state index in [0.29, 0.717) is 55.2 Å². The summed E-state index contributed by atoms with van der Waals surface area (Å²) in [4.78, 5) is 37.6. The fraction of sp³-hybridized carbons (Fsp3) is 0.292. The number of amides is 2. The van der Waals surface area contributed by atoms with Crippen LogP contribution in [0, 0.1) is 11.3 Å². The number of carbonyl (C=O) groups excluding carboxylic acids is 2. The molecule has 0 unspecified atom stereocenters. The normalized spacial score (nSPS) is 13.8. The summed E-state index contributed by atoms with van der Waals surface area (Å²) >= 11 is 0. The lowest BCUT2D eigenvalue weighted by molar-refractivity contribution is -0.116. The Bertz CT molecular complexity index is 1150. The quantitative estimate of drug-likeness (QED) is 0.627. The van der Waals surface area contributed by atoms with Crippen LogP contribution in [0.2, 0.25) is 0 Å². The lowest BCUT2D eigenvalue weighted by Gasteiger charge is -2.23. The van der Waals surface area contributed by atoms with Crippen molar-refractivity contribution in [3.63, 3.8) is 0 Å². The lowest BCUT2D eigenvalue weighted by atomic mass is 10.1. The number of aryl methyl sites for hydroxylation is 1. The Morgan fingerprint density at radius 1 is 1.09 bits per heavy atom. The van der Waals surface area contributed by atoms with Gasteiger partial charge in [-0.15, -0.1) is 0 Å². The molecule has 0 aliphatic carbocycles. The molecule has 0 atom stereocenters. The molecule has 9 heteroatoms. The summed E-state index contributed by atoms with van der Waals surface area (Å²) in [7, 11) is 0. The van der Waals surface area contributed by atoms with Gasteiger partial charge in [0.25, 0.3) is 5.91 Å². The molecule has 0 bridgehead atoms. The van der Waals surface area contributed by atoms with E-state index in [1.807, 2.05) is 15.7 Å². The lowest BCUT2D eigenvalue weighted by Crippen LogP contribution is -2.35. The van der Waals surface area contributed by atoms with Crippen molar-refractivity contribution < 1.29 is 9.59 Å². The van der Waals surface area contributed by atoms with Crippen molar-refractivity contribution in [2.24, 2.45) is 0 Å². The minimum absolute atomic E-state index is 0.0760. The Balaban J connectivity index is 1.37. The number of rotatable bonds is 6. The predicted molar refractivity (Wildman–Crippen MR) is 124 cm³/mol. The number of pyridine rings is 1. The molecule has 1 aromatic carbocycles. The first kappa shape index (κ1) is 22.0. The van der Waals surface area contributed by atoms with Crippen molar-refractivity contribution in [3.8, 4) is 6.07 Å². The van der Waals surface area contributed by atoms with Gasteiger partial charge in [0.1, 0.15) is 11.9 Å². The van der Waals surface area contributed by atoms with Crippen LogP contribution in [0.25, 0.3) is 0 Å². The number of anilines is 2. The molecular weight excluding hydrogens is 418 g/mol. The summed E-state index contributed by atoms with van der Waals surface area (Å²) in [6.07, 6.45) is 7.92. The van der Waals surface area contributed by atoms with Gasteiger partial charge >= 0.3 is 0 Å². The third-order valence-electron chi connectivity index (χ3n) is 5.54. The zero-order valence-electron chi connectivity index (χ0n) is 18.2. The van der Waals surface area contributed by atoms with Crippen LogP contribution in [0.4, 0.5) is 11.5 Å². The fourth-order valence-electron chi connectivity index (χ4n) is 3.85. The molecule has 1 saturated heterocycles. The summed E-state index contributed by atoms with van der Waals surface area (Å²) in [5, 5.41) is 12.2. The minimum Gasteiger partial charge on any atom is -0.354 e. The highest BCUT2D eigenvalue weighted by atomic mass is 16.2. The largest absolute Gasteiger partial charge is 0.354 e. The van der Waals surface area contributed by atoms with Crippen molar-refractivity contribution in [2.45, 2.75) is 19.4 Å². The van der Waals surface area contributed by atoms with Crippen LogP contribution in [-0.2, 0) is 11.3 Å². The van der Waals surface area contributed by atoms with Crippen LogP contribution in [0.1, 0.15) is 28.8 Å². The van der Waals surface area contributed by atoms with E-state index >= 15 is 0 Å². The molecule has 1 aliphatic rings. The van der Waals surface area contributed by atoms with Crippen LogP contribution in [-0.4, -0.2) is 57.4 Å². The van der Waals surface area contributed by atoms with Crippen LogP contribution in [0.3, 0.4) is 0 Å². The van der Waals surface area contributed by atoms with Gasteiger partial charge < -0.3 is 19.7 Å². The number of nitriles is 1. The van der Waals surface area contributed by atoms with Gasteiger partial charge in [-0.05, 0) is 36.8 Å². The summed E-state index contributed by atoms with van der Waals surface area (Å²) in [6.45, 7) is 3.01. The summed E-state index contributed by atoms with van der Waals surface area (Å²) in [5.74, 6) is 0.463. The van der Waals surface area contributed by atoms with Gasteiger partial charge in [-0.2, -0.15) is 5.26 Å². The molecule has 3 heterocycles. The van der Waals surface area contributed by atoms with Crippen LogP contribution < -0.4 is 10.2 Å². The maximum atomic E-state index is 13.2. The molecule has 0 radical (unpaired) electrons. The molecule has 33 heavy (non-hydrogen) atoms. The number of benzene rings is 1. The predicted octanol–water partition coefficient (Wildman–Crippen LogP) is 2.53. The molecule has 0 spiro atoms. The number of imidazole rings is 1. The molecule has 1 fully saturated rings. The van der Waals surface area contributed by atoms with E-state index in [1.54, 1.807) is 55.1 Å². The first-order valence-corrected chi connectivity index (χ1v) is 10.9. The van der Waals surface area contributed by atoms with Gasteiger partial charge in [-0.3, -0.25) is 9.59 Å². The zero-order chi connectivity index (χ0) is 23.0. The summed E-state index contributed by atoms with van der Waals surface area (Å²) < 4.78 is 1.84. The second kappa shape index (κ2) is 10.4. The second-order valence-electron chi connectivity index (χ2n) is 7.80. The highest BCUT2D eigenvalue weighted by molar-refractivity contribution is 5.97. The van der Waals surface area contributed by atoms with E-state index in [4.69, 9.17) is 0 Å². The average Bonchev–Trinajstić information content (AvgIpc) is 3.25. The van der Waals surface area contributed by atoms with Gasteiger partial charge in [0.15, 0.2) is 0 Å². The molecular formula is C24H25N7O2. The van der Waals surface area contributed by atoms with Crippen molar-refractivity contribution in [2.75, 3.05) is 36.4 Å². The van der Waals surface area contributed by atoms with E-state index in [1.165, 1.54) is 0 Å². The Hall–Kier alpha value is -4.19. The van der Waals surface area contributed by atoms with Crippen LogP contribution >= 0.6 is 0 Å². The minimum atomic E-state index is -0.123. The summed E-state index contributed by atoms with van der Waals surface area (Å²) in [6, 6.07) is 12.7. The van der Waals surface area contributed by atoms with E-state index < -0.39 is 0 Å². The van der Waals surface area contributed by atoms with E-state index in [2.05, 4.69) is 26.3 Å². The molecule has 1 aliphatic heterocycles. The van der Waals surface area contributed by atoms with Gasteiger partial charge in [0, 0.05) is 69.0 Å². The Morgan fingerprint density at radius 3 is 2.82 bits per heavy atom. The third kappa shape index (κ3) is 5.54. The number of nitrogens with one attached hydrogen (secondary N) is 1. The first-order valence-electron chi connectivity index (χ1n) is 10.9. The summed E-state index contributed by atoms with van der Waals surface area (Å²) in [5.41, 5.74) is 1.67. The Kier molecular flexibility index (Phi) is 6.95. The van der Waals surface area contributed by atoms with Crippen LogP contribution in [0.15, 0.2) is 61.3 Å². The van der Waals surface area contributed by atoms with E-state index in [0.717, 1.165) is 13.0 Å². The van der Waals surface area contributed by atoms with E-state index in [-0.39, 0.29) is 11.8 Å². The van der Waals surface area contributed by atoms with Crippen molar-refractivity contribution in [1.82, 2.24) is 19.4 Å². The fourth-order valence-corrected chi connectivity index (χ4v) is 3.85. The molecule has 0 saturated carbocycles. The van der Waals surface area contributed by atoms with Gasteiger partial charge in [0.2, 0.25) is 5.91 Å². The smallest absolute Gasteiger partial charge is 0.253 e. The average molecular weight is 444 g/mol. The maximum Gasteiger partial charge on any atom is 0.253 e. The molecule has 9 nitrogen and oxygen atoms in total. The zero-order valence-corrected chi connectivity index (χ0v) is 18.2. The first-order chi connectivity index (χ1) is 16.1. The number of hydrogen-bond donors (Lipinski definition) is 1. The Morgan fingerprint density at radius 2 is 2.00 bits per heavy atom. The number of hydrogen-bond acceptors (Lipinski definition) is 6. The van der Waals surface area contributed by atoms with E-state index in [9.17, 15) is 14.9 Å². The second-order valence-corrected chi connectivity index (χ2v) is 7.80. The highest BCUT2D eigenvalue weighted by Crippen LogP contribution is 2.20. The molecule has 4 rings (SSSR count). The molecule has 1 N–H and O–H groups in total. The maximum absolute atomic E-state index is 13.2. The van der Waals surface area contributed by atoms with Gasteiger partial charge in [0.05, 0.1) is 11.9 Å². The van der Waals surface area contributed by atoms with Crippen molar-refractivity contribution >= 4 is 23.3 Å². The number of nitrogens with zero attached hydrogens (tertiary/aromatic N) is 6. The Labute approximate surface area is 192 Å². The standard InChI is InChI=1S/C24H25N7O2/c25-17-20-5-2-8-27-23(20)30-10-3-11-31(15-14-30)24(33)19-4-1-6-21(16-19)28-22(32)7-12-29-13-9-26-18-29/h1-2,4-6,8-9,13,16,18H,3,7,10-12,14-15H2,(H,28,32). The topological polar surface area (TPSA) is 107 Å². The van der Waals surface area contributed by atoms with Gasteiger partial charge in [-0.1, -0.05) is 6.07 Å². The number of carbonyl (C=O) groups is 2. The third-order valence-corrected chi connectivity index (χ3v) is 5.54. The van der Waals surface area contributed by atoms with Crippen LogP contribution in [0.5, 0.6) is 0 Å². The number of aromatic nitrogens is 3. The highest BCUT2D eigenvalue weighted by Gasteiger charge is 2.22.